The molecule has 6 nitrogen and oxygen atoms in total. The van der Waals surface area contributed by atoms with Crippen LogP contribution in [0.5, 0.6) is 5.75 Å². The first kappa shape index (κ1) is 23.0. The molecule has 0 aliphatic carbocycles. The number of benzene rings is 1. The zero-order valence-corrected chi connectivity index (χ0v) is 20.5. The van der Waals surface area contributed by atoms with Gasteiger partial charge in [0.1, 0.15) is 16.6 Å². The quantitative estimate of drug-likeness (QED) is 0.483. The molecule has 1 aromatic carbocycles. The molecule has 170 valence electrons. The third-order valence-electron chi connectivity index (χ3n) is 5.43. The Morgan fingerprint density at radius 3 is 2.41 bits per heavy atom. The van der Waals surface area contributed by atoms with Crippen LogP contribution in [0.3, 0.4) is 0 Å². The molecule has 4 rings (SSSR count). The fraction of sp³-hybridized carbons (Fsp3) is 0.348. The first-order valence-corrected chi connectivity index (χ1v) is 13.7. The van der Waals surface area contributed by atoms with Crippen LogP contribution < -0.4 is 4.74 Å². The summed E-state index contributed by atoms with van der Waals surface area (Å²) in [7, 11) is -3.47. The Labute approximate surface area is 197 Å². The van der Waals surface area contributed by atoms with E-state index >= 15 is 0 Å². The fourth-order valence-electron chi connectivity index (χ4n) is 3.50. The topological polar surface area (TPSA) is 66.9 Å². The summed E-state index contributed by atoms with van der Waals surface area (Å²) in [5.74, 6) is 1.22. The molecule has 3 aromatic rings. The molecular weight excluding hydrogens is 464 g/mol. The highest BCUT2D eigenvalue weighted by Gasteiger charge is 2.31. The highest BCUT2D eigenvalue weighted by Crippen LogP contribution is 2.24. The zero-order valence-electron chi connectivity index (χ0n) is 18.1. The standard InChI is InChI=1S/C23H26N2O4S3/c1-17(2)19-5-7-20(8-6-19)29-15-18-14-21(31-16-18)23(26)24-9-11-25(12-10-24)32(27,28)22-4-3-13-30-22/h3-8,13-14,16-17H,9-12,15H2,1-2H3. The van der Waals surface area contributed by atoms with Gasteiger partial charge in [-0.2, -0.15) is 4.31 Å². The summed E-state index contributed by atoms with van der Waals surface area (Å²) in [6.45, 7) is 6.09. The molecule has 1 aliphatic rings. The van der Waals surface area contributed by atoms with Gasteiger partial charge in [-0.1, -0.05) is 32.0 Å². The molecule has 2 aromatic heterocycles. The van der Waals surface area contributed by atoms with E-state index in [9.17, 15) is 13.2 Å². The van der Waals surface area contributed by atoms with Crippen LogP contribution in [0, 0.1) is 0 Å². The van der Waals surface area contributed by atoms with E-state index in [0.717, 1.165) is 11.3 Å². The molecule has 0 spiro atoms. The number of carbonyl (C=O) groups excluding carboxylic acids is 1. The maximum Gasteiger partial charge on any atom is 0.264 e. The minimum atomic E-state index is -3.47. The smallest absolute Gasteiger partial charge is 0.264 e. The van der Waals surface area contributed by atoms with Crippen LogP contribution in [-0.4, -0.2) is 49.7 Å². The Hall–Kier alpha value is -2.20. The minimum Gasteiger partial charge on any atom is -0.489 e. The monoisotopic (exact) mass is 490 g/mol. The number of piperazine rings is 1. The van der Waals surface area contributed by atoms with Gasteiger partial charge in [-0.05, 0) is 46.5 Å². The predicted octanol–water partition coefficient (Wildman–Crippen LogP) is 4.66. The maximum atomic E-state index is 12.9. The largest absolute Gasteiger partial charge is 0.489 e. The molecule has 0 N–H and O–H groups in total. The van der Waals surface area contributed by atoms with Gasteiger partial charge in [0.05, 0.1) is 4.88 Å². The minimum absolute atomic E-state index is 0.0595. The van der Waals surface area contributed by atoms with E-state index in [1.54, 1.807) is 22.4 Å². The summed E-state index contributed by atoms with van der Waals surface area (Å²) in [5.41, 5.74) is 2.22. The van der Waals surface area contributed by atoms with Crippen molar-refractivity contribution >= 4 is 38.6 Å². The van der Waals surface area contributed by atoms with Gasteiger partial charge >= 0.3 is 0 Å². The normalized spacial score (nSPS) is 15.3. The van der Waals surface area contributed by atoms with Gasteiger partial charge in [0.25, 0.3) is 15.9 Å². The van der Waals surface area contributed by atoms with Crippen molar-refractivity contribution in [1.29, 1.82) is 0 Å². The van der Waals surface area contributed by atoms with Crippen LogP contribution in [0.15, 0.2) is 57.4 Å². The molecule has 32 heavy (non-hydrogen) atoms. The van der Waals surface area contributed by atoms with Gasteiger partial charge in [0.15, 0.2) is 0 Å². The van der Waals surface area contributed by atoms with Crippen molar-refractivity contribution in [2.45, 2.75) is 30.6 Å². The van der Waals surface area contributed by atoms with Gasteiger partial charge in [-0.25, -0.2) is 8.42 Å². The molecular formula is C23H26N2O4S3. The van der Waals surface area contributed by atoms with E-state index in [4.69, 9.17) is 4.74 Å². The summed E-state index contributed by atoms with van der Waals surface area (Å²) in [6.07, 6.45) is 0. The van der Waals surface area contributed by atoms with E-state index in [2.05, 4.69) is 26.0 Å². The van der Waals surface area contributed by atoms with Crippen molar-refractivity contribution in [3.63, 3.8) is 0 Å². The molecule has 1 aliphatic heterocycles. The molecule has 0 atom stereocenters. The highest BCUT2D eigenvalue weighted by atomic mass is 32.2. The molecule has 0 radical (unpaired) electrons. The summed E-state index contributed by atoms with van der Waals surface area (Å²) in [6, 6.07) is 13.3. The lowest BCUT2D eigenvalue weighted by Crippen LogP contribution is -2.50. The number of nitrogens with zero attached hydrogens (tertiary/aromatic N) is 2. The number of ether oxygens (including phenoxy) is 1. The van der Waals surface area contributed by atoms with Gasteiger partial charge in [0, 0.05) is 31.7 Å². The lowest BCUT2D eigenvalue weighted by Gasteiger charge is -2.33. The van der Waals surface area contributed by atoms with E-state index in [-0.39, 0.29) is 5.91 Å². The third-order valence-corrected chi connectivity index (χ3v) is 9.67. The van der Waals surface area contributed by atoms with Gasteiger partial charge in [-0.3, -0.25) is 4.79 Å². The predicted molar refractivity (Wildman–Crippen MR) is 128 cm³/mol. The second kappa shape index (κ2) is 9.74. The fourth-order valence-corrected chi connectivity index (χ4v) is 6.93. The average Bonchev–Trinajstić information content (AvgIpc) is 3.50. The second-order valence-electron chi connectivity index (χ2n) is 7.96. The number of hydrogen-bond acceptors (Lipinski definition) is 6. The maximum absolute atomic E-state index is 12.9. The summed E-state index contributed by atoms with van der Waals surface area (Å²) < 4.78 is 33.0. The molecule has 0 bridgehead atoms. The number of sulfonamides is 1. The van der Waals surface area contributed by atoms with Crippen molar-refractivity contribution in [2.75, 3.05) is 26.2 Å². The lowest BCUT2D eigenvalue weighted by atomic mass is 10.0. The van der Waals surface area contributed by atoms with Crippen molar-refractivity contribution in [3.8, 4) is 5.75 Å². The number of amides is 1. The molecule has 0 unspecified atom stereocenters. The second-order valence-corrected chi connectivity index (χ2v) is 12.0. The van der Waals surface area contributed by atoms with E-state index in [1.165, 1.54) is 32.5 Å². The first-order chi connectivity index (χ1) is 15.3. The number of hydrogen-bond donors (Lipinski definition) is 0. The number of carbonyl (C=O) groups is 1. The van der Waals surface area contributed by atoms with Crippen molar-refractivity contribution < 1.29 is 17.9 Å². The van der Waals surface area contributed by atoms with Crippen LogP contribution >= 0.6 is 22.7 Å². The summed E-state index contributed by atoms with van der Waals surface area (Å²) in [4.78, 5) is 15.3. The summed E-state index contributed by atoms with van der Waals surface area (Å²) in [5, 5.41) is 3.69. The molecule has 1 saturated heterocycles. The highest BCUT2D eigenvalue weighted by molar-refractivity contribution is 7.91. The molecule has 1 amide bonds. The zero-order chi connectivity index (χ0) is 22.7. The Balaban J connectivity index is 1.31. The average molecular weight is 491 g/mol. The Morgan fingerprint density at radius 1 is 1.06 bits per heavy atom. The summed E-state index contributed by atoms with van der Waals surface area (Å²) >= 11 is 2.61. The van der Waals surface area contributed by atoms with Gasteiger partial charge < -0.3 is 9.64 Å². The van der Waals surface area contributed by atoms with E-state index in [1.807, 2.05) is 23.6 Å². The number of thiophene rings is 2. The molecule has 1 fully saturated rings. The van der Waals surface area contributed by atoms with Crippen LogP contribution in [0.2, 0.25) is 0 Å². The SMILES string of the molecule is CC(C)c1ccc(OCc2csc(C(=O)N3CCN(S(=O)(=O)c4cccs4)CC3)c2)cc1. The van der Waals surface area contributed by atoms with Crippen molar-refractivity contribution in [3.05, 3.63) is 69.2 Å². The third kappa shape index (κ3) is 5.06. The molecule has 9 heteroatoms. The number of rotatable bonds is 7. The Kier molecular flexibility index (Phi) is 6.99. The van der Waals surface area contributed by atoms with Crippen molar-refractivity contribution in [2.24, 2.45) is 0 Å². The first-order valence-electron chi connectivity index (χ1n) is 10.5. The van der Waals surface area contributed by atoms with Crippen LogP contribution in [0.4, 0.5) is 0 Å². The van der Waals surface area contributed by atoms with Crippen LogP contribution in [0.25, 0.3) is 0 Å². The van der Waals surface area contributed by atoms with E-state index in [0.29, 0.717) is 47.8 Å². The Bertz CT molecular complexity index is 1140. The molecule has 0 saturated carbocycles. The van der Waals surface area contributed by atoms with Crippen LogP contribution in [0.1, 0.15) is 40.6 Å². The van der Waals surface area contributed by atoms with Gasteiger partial charge in [0.2, 0.25) is 0 Å². The van der Waals surface area contributed by atoms with Crippen LogP contribution in [-0.2, 0) is 16.6 Å². The molecule has 3 heterocycles. The van der Waals surface area contributed by atoms with Gasteiger partial charge in [-0.15, -0.1) is 22.7 Å². The Morgan fingerprint density at radius 2 is 1.78 bits per heavy atom. The lowest BCUT2D eigenvalue weighted by molar-refractivity contribution is 0.0703. The van der Waals surface area contributed by atoms with Crippen molar-refractivity contribution in [1.82, 2.24) is 9.21 Å². The van der Waals surface area contributed by atoms with E-state index < -0.39 is 10.0 Å².